The van der Waals surface area contributed by atoms with E-state index in [1.165, 1.54) is 12.1 Å². The monoisotopic (exact) mass is 324 g/mol. The zero-order valence-electron chi connectivity index (χ0n) is 13.1. The summed E-state index contributed by atoms with van der Waals surface area (Å²) in [6.07, 6.45) is 3.32. The largest absolute Gasteiger partial charge is 0.478 e. The third-order valence-corrected chi connectivity index (χ3v) is 3.25. The SMILES string of the molecule is O=C(O)c1ccc(C#Cc2ccccn2)c(C#Cc2ccccn2)c1. The van der Waals surface area contributed by atoms with Crippen molar-refractivity contribution in [2.24, 2.45) is 0 Å². The first kappa shape index (κ1) is 16.0. The van der Waals surface area contributed by atoms with Gasteiger partial charge in [-0.2, -0.15) is 0 Å². The molecule has 0 fully saturated rings. The third kappa shape index (κ3) is 4.31. The fourth-order valence-electron chi connectivity index (χ4n) is 2.03. The van der Waals surface area contributed by atoms with Crippen LogP contribution in [0, 0.1) is 23.7 Å². The van der Waals surface area contributed by atoms with Crippen molar-refractivity contribution >= 4 is 5.97 Å². The fraction of sp³-hybridized carbons (Fsp3) is 0. The van der Waals surface area contributed by atoms with E-state index in [9.17, 15) is 9.90 Å². The van der Waals surface area contributed by atoms with Crippen LogP contribution in [0.5, 0.6) is 0 Å². The molecule has 0 spiro atoms. The second kappa shape index (κ2) is 7.59. The number of carboxylic acid groups (broad SMARTS) is 1. The summed E-state index contributed by atoms with van der Waals surface area (Å²) in [5.74, 6) is 10.8. The maximum absolute atomic E-state index is 11.2. The van der Waals surface area contributed by atoms with Crippen molar-refractivity contribution in [2.45, 2.75) is 0 Å². The van der Waals surface area contributed by atoms with Gasteiger partial charge in [-0.05, 0) is 54.3 Å². The van der Waals surface area contributed by atoms with Gasteiger partial charge >= 0.3 is 5.97 Å². The normalized spacial score (nSPS) is 9.28. The summed E-state index contributed by atoms with van der Waals surface area (Å²) in [5.41, 5.74) is 2.57. The maximum atomic E-state index is 11.2. The van der Waals surface area contributed by atoms with Crippen molar-refractivity contribution in [2.75, 3.05) is 0 Å². The van der Waals surface area contributed by atoms with Gasteiger partial charge < -0.3 is 5.11 Å². The number of nitrogens with zero attached hydrogens (tertiary/aromatic N) is 2. The molecule has 0 saturated carbocycles. The van der Waals surface area contributed by atoms with Crippen LogP contribution in [0.15, 0.2) is 67.0 Å². The molecule has 3 aromatic rings. The van der Waals surface area contributed by atoms with Crippen LogP contribution in [0.3, 0.4) is 0 Å². The minimum Gasteiger partial charge on any atom is -0.478 e. The van der Waals surface area contributed by atoms with Gasteiger partial charge in [0.15, 0.2) is 0 Å². The Hall–Kier alpha value is -3.89. The number of pyridine rings is 2. The Bertz CT molecular complexity index is 1020. The molecular weight excluding hydrogens is 312 g/mol. The van der Waals surface area contributed by atoms with E-state index in [4.69, 9.17) is 0 Å². The lowest BCUT2D eigenvalue weighted by molar-refractivity contribution is 0.0697. The van der Waals surface area contributed by atoms with E-state index >= 15 is 0 Å². The van der Waals surface area contributed by atoms with Crippen LogP contribution in [-0.2, 0) is 0 Å². The molecule has 1 N–H and O–H groups in total. The average Bonchev–Trinajstić information content (AvgIpc) is 2.66. The standard InChI is InChI=1S/C21H12N2O2/c24-21(25)18-8-7-16(9-11-19-5-1-3-13-22-19)17(15-18)10-12-20-6-2-4-14-23-20/h1-8,13-15H,(H,24,25). The summed E-state index contributed by atoms with van der Waals surface area (Å²) in [6, 6.07) is 15.6. The molecule has 4 heteroatoms. The summed E-state index contributed by atoms with van der Waals surface area (Å²) in [6.45, 7) is 0. The summed E-state index contributed by atoms with van der Waals surface area (Å²) in [4.78, 5) is 19.5. The molecule has 25 heavy (non-hydrogen) atoms. The lowest BCUT2D eigenvalue weighted by atomic mass is 10.0. The predicted octanol–water partition coefficient (Wildman–Crippen LogP) is 2.97. The lowest BCUT2D eigenvalue weighted by Gasteiger charge is -1.99. The molecule has 0 bridgehead atoms. The smallest absolute Gasteiger partial charge is 0.335 e. The second-order valence-corrected chi connectivity index (χ2v) is 5.00. The molecule has 0 aliphatic rings. The highest BCUT2D eigenvalue weighted by atomic mass is 16.4. The molecule has 1 aromatic carbocycles. The fourth-order valence-corrected chi connectivity index (χ4v) is 2.03. The molecule has 0 unspecified atom stereocenters. The van der Waals surface area contributed by atoms with Crippen molar-refractivity contribution in [3.63, 3.8) is 0 Å². The highest BCUT2D eigenvalue weighted by Gasteiger charge is 2.06. The first-order chi connectivity index (χ1) is 12.2. The van der Waals surface area contributed by atoms with Gasteiger partial charge in [-0.25, -0.2) is 14.8 Å². The number of carboxylic acids is 1. The molecule has 2 aromatic heterocycles. The van der Waals surface area contributed by atoms with Gasteiger partial charge in [0.05, 0.1) is 5.56 Å². The van der Waals surface area contributed by atoms with Crippen molar-refractivity contribution < 1.29 is 9.90 Å². The minimum atomic E-state index is -1.01. The molecular formula is C21H12N2O2. The Morgan fingerprint density at radius 1 is 0.760 bits per heavy atom. The van der Waals surface area contributed by atoms with Gasteiger partial charge in [0.25, 0.3) is 0 Å². The Kier molecular flexibility index (Phi) is 4.85. The summed E-state index contributed by atoms with van der Waals surface area (Å²) < 4.78 is 0. The molecule has 2 heterocycles. The number of aromatic nitrogens is 2. The molecule has 0 amide bonds. The summed E-state index contributed by atoms with van der Waals surface area (Å²) >= 11 is 0. The quantitative estimate of drug-likeness (QED) is 0.699. The topological polar surface area (TPSA) is 63.1 Å². The van der Waals surface area contributed by atoms with Gasteiger partial charge in [-0.1, -0.05) is 24.0 Å². The summed E-state index contributed by atoms with van der Waals surface area (Å²) in [5, 5.41) is 9.19. The molecule has 0 aliphatic heterocycles. The van der Waals surface area contributed by atoms with E-state index in [1.807, 2.05) is 18.2 Å². The Morgan fingerprint density at radius 3 is 1.88 bits per heavy atom. The summed E-state index contributed by atoms with van der Waals surface area (Å²) in [7, 11) is 0. The zero-order valence-corrected chi connectivity index (χ0v) is 13.1. The van der Waals surface area contributed by atoms with Crippen LogP contribution in [0.4, 0.5) is 0 Å². The van der Waals surface area contributed by atoms with Crippen molar-refractivity contribution in [1.29, 1.82) is 0 Å². The number of benzene rings is 1. The van der Waals surface area contributed by atoms with Crippen LogP contribution in [0.2, 0.25) is 0 Å². The zero-order chi connectivity index (χ0) is 17.5. The molecule has 0 aliphatic carbocycles. The van der Waals surface area contributed by atoms with Gasteiger partial charge in [-0.3, -0.25) is 0 Å². The number of aromatic carboxylic acids is 1. The van der Waals surface area contributed by atoms with E-state index < -0.39 is 5.97 Å². The molecule has 0 radical (unpaired) electrons. The van der Waals surface area contributed by atoms with Crippen molar-refractivity contribution in [3.8, 4) is 23.7 Å². The first-order valence-electron chi connectivity index (χ1n) is 7.46. The van der Waals surface area contributed by atoms with Crippen LogP contribution in [-0.4, -0.2) is 21.0 Å². The van der Waals surface area contributed by atoms with Crippen LogP contribution < -0.4 is 0 Å². The third-order valence-electron chi connectivity index (χ3n) is 3.25. The van der Waals surface area contributed by atoms with Crippen molar-refractivity contribution in [1.82, 2.24) is 9.97 Å². The first-order valence-corrected chi connectivity index (χ1v) is 7.46. The number of hydrogen-bond acceptors (Lipinski definition) is 3. The molecule has 118 valence electrons. The van der Waals surface area contributed by atoms with Gasteiger partial charge in [0.1, 0.15) is 11.4 Å². The number of carbonyl (C=O) groups is 1. The molecule has 4 nitrogen and oxygen atoms in total. The lowest BCUT2D eigenvalue weighted by Crippen LogP contribution is -1.98. The van der Waals surface area contributed by atoms with E-state index in [0.717, 1.165) is 0 Å². The predicted molar refractivity (Wildman–Crippen MR) is 93.8 cm³/mol. The van der Waals surface area contributed by atoms with Crippen LogP contribution in [0.1, 0.15) is 32.9 Å². The molecule has 0 saturated heterocycles. The molecule has 3 rings (SSSR count). The van der Waals surface area contributed by atoms with E-state index in [1.54, 1.807) is 36.7 Å². The van der Waals surface area contributed by atoms with E-state index in [0.29, 0.717) is 22.5 Å². The van der Waals surface area contributed by atoms with Gasteiger partial charge in [-0.15, -0.1) is 0 Å². The van der Waals surface area contributed by atoms with Gasteiger partial charge in [0, 0.05) is 23.5 Å². The number of hydrogen-bond donors (Lipinski definition) is 1. The number of rotatable bonds is 1. The molecule has 0 atom stereocenters. The average molecular weight is 324 g/mol. The van der Waals surface area contributed by atoms with E-state index in [-0.39, 0.29) is 5.56 Å². The minimum absolute atomic E-state index is 0.161. The highest BCUT2D eigenvalue weighted by Crippen LogP contribution is 2.11. The Labute approximate surface area is 145 Å². The Morgan fingerprint density at radius 2 is 1.36 bits per heavy atom. The van der Waals surface area contributed by atoms with Crippen LogP contribution in [0.25, 0.3) is 0 Å². The Balaban J connectivity index is 2.02. The van der Waals surface area contributed by atoms with Crippen molar-refractivity contribution in [3.05, 3.63) is 95.1 Å². The maximum Gasteiger partial charge on any atom is 0.335 e. The van der Waals surface area contributed by atoms with Crippen LogP contribution >= 0.6 is 0 Å². The van der Waals surface area contributed by atoms with E-state index in [2.05, 4.69) is 33.6 Å². The highest BCUT2D eigenvalue weighted by molar-refractivity contribution is 5.88. The van der Waals surface area contributed by atoms with Gasteiger partial charge in [0.2, 0.25) is 0 Å². The second-order valence-electron chi connectivity index (χ2n) is 5.00.